The van der Waals surface area contributed by atoms with Gasteiger partial charge in [0.1, 0.15) is 5.84 Å². The number of rotatable bonds is 9. The summed E-state index contributed by atoms with van der Waals surface area (Å²) in [5.41, 5.74) is 5.44. The largest absolute Gasteiger partial charge is 0.409 e. The quantitative estimate of drug-likeness (QED) is 0.284. The van der Waals surface area contributed by atoms with E-state index in [9.17, 15) is 0 Å². The molecule has 0 aromatic carbocycles. The van der Waals surface area contributed by atoms with Gasteiger partial charge < -0.3 is 20.7 Å². The van der Waals surface area contributed by atoms with Crippen LogP contribution in [-0.4, -0.2) is 61.6 Å². The molecule has 0 heterocycles. The van der Waals surface area contributed by atoms with E-state index in [2.05, 4.69) is 36.1 Å². The minimum Gasteiger partial charge on any atom is -0.409 e. The van der Waals surface area contributed by atoms with Crippen LogP contribution in [0, 0.1) is 5.41 Å². The van der Waals surface area contributed by atoms with Gasteiger partial charge in [0, 0.05) is 5.41 Å². The summed E-state index contributed by atoms with van der Waals surface area (Å²) >= 11 is 0. The maximum absolute atomic E-state index is 8.69. The summed E-state index contributed by atoms with van der Waals surface area (Å²) in [5.74, 6) is 0.317. The zero-order valence-electron chi connectivity index (χ0n) is 12.6. The first-order chi connectivity index (χ1) is 8.29. The van der Waals surface area contributed by atoms with Gasteiger partial charge in [0.15, 0.2) is 0 Å². The van der Waals surface area contributed by atoms with Crippen molar-refractivity contribution < 1.29 is 5.21 Å². The van der Waals surface area contributed by atoms with Gasteiger partial charge in [-0.2, -0.15) is 0 Å². The SMILES string of the molecule is CN(C)CCCN(C)CCCC(C)(C)C(N)=NO. The average molecular weight is 258 g/mol. The Balaban J connectivity index is 3.77. The molecule has 5 heteroatoms. The molecule has 0 aromatic rings. The zero-order valence-corrected chi connectivity index (χ0v) is 12.6. The van der Waals surface area contributed by atoms with Crippen molar-refractivity contribution in [3.8, 4) is 0 Å². The molecule has 0 unspecified atom stereocenters. The summed E-state index contributed by atoms with van der Waals surface area (Å²) in [7, 11) is 6.34. The van der Waals surface area contributed by atoms with Crippen LogP contribution >= 0.6 is 0 Å². The molecule has 5 nitrogen and oxygen atoms in total. The molecule has 0 aliphatic carbocycles. The molecular formula is C13H30N4O. The van der Waals surface area contributed by atoms with Crippen LogP contribution < -0.4 is 5.73 Å². The monoisotopic (exact) mass is 258 g/mol. The molecule has 3 N–H and O–H groups in total. The van der Waals surface area contributed by atoms with Crippen LogP contribution in [0.2, 0.25) is 0 Å². The maximum Gasteiger partial charge on any atom is 0.144 e. The van der Waals surface area contributed by atoms with Crippen LogP contribution in [-0.2, 0) is 0 Å². The lowest BCUT2D eigenvalue weighted by Crippen LogP contribution is -2.33. The highest BCUT2D eigenvalue weighted by Crippen LogP contribution is 2.22. The number of hydrogen-bond donors (Lipinski definition) is 2. The second-order valence-electron chi connectivity index (χ2n) is 5.93. The maximum atomic E-state index is 8.69. The molecule has 0 rings (SSSR count). The fourth-order valence-corrected chi connectivity index (χ4v) is 1.82. The predicted octanol–water partition coefficient (Wildman–Crippen LogP) is 1.42. The molecule has 108 valence electrons. The van der Waals surface area contributed by atoms with Crippen LogP contribution in [0.5, 0.6) is 0 Å². The molecule has 0 aliphatic heterocycles. The molecular weight excluding hydrogens is 228 g/mol. The van der Waals surface area contributed by atoms with Gasteiger partial charge in [0.2, 0.25) is 0 Å². The van der Waals surface area contributed by atoms with E-state index in [0.717, 1.165) is 32.5 Å². The van der Waals surface area contributed by atoms with Crippen LogP contribution in [0.15, 0.2) is 5.16 Å². The second kappa shape index (κ2) is 8.32. The lowest BCUT2D eigenvalue weighted by Gasteiger charge is -2.24. The van der Waals surface area contributed by atoms with E-state index in [0.29, 0.717) is 5.84 Å². The lowest BCUT2D eigenvalue weighted by molar-refractivity contribution is 0.278. The third kappa shape index (κ3) is 7.50. The highest BCUT2D eigenvalue weighted by Gasteiger charge is 2.22. The van der Waals surface area contributed by atoms with E-state index in [1.807, 2.05) is 13.8 Å². The molecule has 0 radical (unpaired) electrons. The summed E-state index contributed by atoms with van der Waals surface area (Å²) < 4.78 is 0. The van der Waals surface area contributed by atoms with E-state index in [1.165, 1.54) is 6.42 Å². The molecule has 0 spiro atoms. The molecule has 18 heavy (non-hydrogen) atoms. The molecule has 0 bridgehead atoms. The van der Waals surface area contributed by atoms with Crippen molar-refractivity contribution in [3.05, 3.63) is 0 Å². The van der Waals surface area contributed by atoms with E-state index in [1.54, 1.807) is 0 Å². The third-order valence-electron chi connectivity index (χ3n) is 3.29. The summed E-state index contributed by atoms with van der Waals surface area (Å²) in [6.07, 6.45) is 3.18. The van der Waals surface area contributed by atoms with Crippen molar-refractivity contribution in [2.75, 3.05) is 40.8 Å². The van der Waals surface area contributed by atoms with Crippen LogP contribution in [0.4, 0.5) is 0 Å². The first kappa shape index (κ1) is 17.2. The number of nitrogens with two attached hydrogens (primary N) is 1. The van der Waals surface area contributed by atoms with Crippen molar-refractivity contribution >= 4 is 5.84 Å². The minimum absolute atomic E-state index is 0.223. The van der Waals surface area contributed by atoms with E-state index in [4.69, 9.17) is 10.9 Å². The molecule has 0 aromatic heterocycles. The minimum atomic E-state index is -0.223. The van der Waals surface area contributed by atoms with Gasteiger partial charge in [-0.25, -0.2) is 0 Å². The smallest absolute Gasteiger partial charge is 0.144 e. The average Bonchev–Trinajstić information content (AvgIpc) is 2.27. The molecule has 0 saturated carbocycles. The topological polar surface area (TPSA) is 65.1 Å². The Morgan fingerprint density at radius 3 is 2.17 bits per heavy atom. The van der Waals surface area contributed by atoms with Crippen molar-refractivity contribution in [2.24, 2.45) is 16.3 Å². The van der Waals surface area contributed by atoms with Crippen molar-refractivity contribution in [3.63, 3.8) is 0 Å². The number of amidine groups is 1. The van der Waals surface area contributed by atoms with Gasteiger partial charge in [-0.05, 0) is 60.0 Å². The summed E-state index contributed by atoms with van der Waals surface area (Å²) in [4.78, 5) is 4.54. The second-order valence-corrected chi connectivity index (χ2v) is 5.93. The summed E-state index contributed by atoms with van der Waals surface area (Å²) in [6, 6.07) is 0. The van der Waals surface area contributed by atoms with Crippen molar-refractivity contribution in [2.45, 2.75) is 33.1 Å². The van der Waals surface area contributed by atoms with E-state index in [-0.39, 0.29) is 5.41 Å². The molecule has 0 amide bonds. The number of nitrogens with zero attached hydrogens (tertiary/aromatic N) is 3. The summed E-state index contributed by atoms with van der Waals surface area (Å²) in [6.45, 7) is 7.31. The first-order valence-corrected chi connectivity index (χ1v) is 6.61. The highest BCUT2D eigenvalue weighted by molar-refractivity contribution is 5.85. The van der Waals surface area contributed by atoms with E-state index < -0.39 is 0 Å². The number of oxime groups is 1. The van der Waals surface area contributed by atoms with Crippen LogP contribution in [0.25, 0.3) is 0 Å². The van der Waals surface area contributed by atoms with E-state index >= 15 is 0 Å². The van der Waals surface area contributed by atoms with Crippen molar-refractivity contribution in [1.82, 2.24) is 9.80 Å². The zero-order chi connectivity index (χ0) is 14.2. The Bertz CT molecular complexity index is 251. The Hall–Kier alpha value is -0.810. The van der Waals surface area contributed by atoms with Gasteiger partial charge >= 0.3 is 0 Å². The predicted molar refractivity (Wildman–Crippen MR) is 77.1 cm³/mol. The Morgan fingerprint density at radius 1 is 1.11 bits per heavy atom. The van der Waals surface area contributed by atoms with Gasteiger partial charge in [0.05, 0.1) is 0 Å². The highest BCUT2D eigenvalue weighted by atomic mass is 16.4. The normalized spacial score (nSPS) is 13.6. The molecule has 0 fully saturated rings. The standard InChI is InChI=1S/C13H30N4O/c1-13(2,12(14)15-18)8-6-10-17(5)11-7-9-16(3)4/h18H,6-11H2,1-5H3,(H2,14,15). The van der Waals surface area contributed by atoms with Crippen molar-refractivity contribution in [1.29, 1.82) is 0 Å². The third-order valence-corrected chi connectivity index (χ3v) is 3.29. The Kier molecular flexibility index (Phi) is 7.95. The van der Waals surface area contributed by atoms with Crippen LogP contribution in [0.3, 0.4) is 0 Å². The first-order valence-electron chi connectivity index (χ1n) is 6.61. The van der Waals surface area contributed by atoms with Gasteiger partial charge in [0.25, 0.3) is 0 Å². The summed E-state index contributed by atoms with van der Waals surface area (Å²) in [5, 5.41) is 11.8. The van der Waals surface area contributed by atoms with Crippen LogP contribution in [0.1, 0.15) is 33.1 Å². The van der Waals surface area contributed by atoms with Gasteiger partial charge in [-0.1, -0.05) is 19.0 Å². The van der Waals surface area contributed by atoms with Gasteiger partial charge in [-0.15, -0.1) is 0 Å². The van der Waals surface area contributed by atoms with Gasteiger partial charge in [-0.3, -0.25) is 0 Å². The molecule has 0 aliphatic rings. The molecule has 0 atom stereocenters. The lowest BCUT2D eigenvalue weighted by atomic mass is 9.86. The fourth-order valence-electron chi connectivity index (χ4n) is 1.82. The fraction of sp³-hybridized carbons (Fsp3) is 0.923. The Labute approximate surface area is 112 Å². The number of hydrogen-bond acceptors (Lipinski definition) is 4. The Morgan fingerprint density at radius 2 is 1.67 bits per heavy atom. The molecule has 0 saturated heterocycles.